The molecule has 0 spiro atoms. The van der Waals surface area contributed by atoms with E-state index in [2.05, 4.69) is 19.9 Å². The molecule has 0 aliphatic rings. The molecule has 0 fully saturated rings. The highest BCUT2D eigenvalue weighted by molar-refractivity contribution is 6.44. The third-order valence-electron chi connectivity index (χ3n) is 2.67. The molecular weight excluding hydrogens is 327 g/mol. The van der Waals surface area contributed by atoms with Crippen LogP contribution >= 0.6 is 23.2 Å². The van der Waals surface area contributed by atoms with Crippen LogP contribution in [0.4, 0.5) is 0 Å². The first kappa shape index (κ1) is 21.0. The number of carbonyl (C=O) groups is 2. The quantitative estimate of drug-likeness (QED) is 0.334. The van der Waals surface area contributed by atoms with Crippen molar-refractivity contribution in [2.24, 2.45) is 0 Å². The van der Waals surface area contributed by atoms with Crippen molar-refractivity contribution in [3.8, 4) is 0 Å². The second-order valence-corrected chi connectivity index (χ2v) is 6.40. The summed E-state index contributed by atoms with van der Waals surface area (Å²) in [5.41, 5.74) is 2.46. The van der Waals surface area contributed by atoms with E-state index in [4.69, 9.17) is 32.7 Å². The minimum Gasteiger partial charge on any atom is -0.463 e. The summed E-state index contributed by atoms with van der Waals surface area (Å²) in [6.45, 7) is 6.27. The standard InChI is InChI=1S/C16H24Cl2O4/c1-12(2)5-4-6-13(3)9-10-21-15(19)7-8-16(20)22-11-14(17)18/h5,9,14H,4,6-8,10-11H2,1-3H3/b13-9+. The average Bonchev–Trinajstić information content (AvgIpc) is 2.42. The highest BCUT2D eigenvalue weighted by Gasteiger charge is 2.10. The molecule has 0 aromatic carbocycles. The Balaban J connectivity index is 3.80. The van der Waals surface area contributed by atoms with Crippen molar-refractivity contribution in [1.29, 1.82) is 0 Å². The first-order chi connectivity index (χ1) is 10.3. The number of hydrogen-bond donors (Lipinski definition) is 0. The van der Waals surface area contributed by atoms with Gasteiger partial charge < -0.3 is 9.47 Å². The van der Waals surface area contributed by atoms with Crippen LogP contribution in [0.3, 0.4) is 0 Å². The lowest BCUT2D eigenvalue weighted by molar-refractivity contribution is -0.149. The third kappa shape index (κ3) is 14.0. The van der Waals surface area contributed by atoms with Gasteiger partial charge in [-0.3, -0.25) is 9.59 Å². The largest absolute Gasteiger partial charge is 0.463 e. The maximum atomic E-state index is 11.4. The molecule has 22 heavy (non-hydrogen) atoms. The lowest BCUT2D eigenvalue weighted by atomic mass is 10.1. The maximum absolute atomic E-state index is 11.4. The first-order valence-electron chi connectivity index (χ1n) is 7.19. The summed E-state index contributed by atoms with van der Waals surface area (Å²) in [4.78, 5) is 21.9. The van der Waals surface area contributed by atoms with Crippen LogP contribution in [0.5, 0.6) is 0 Å². The number of halogens is 2. The highest BCUT2D eigenvalue weighted by atomic mass is 35.5. The van der Waals surface area contributed by atoms with E-state index in [0.29, 0.717) is 0 Å². The van der Waals surface area contributed by atoms with Crippen molar-refractivity contribution in [3.63, 3.8) is 0 Å². The second kappa shape index (κ2) is 12.5. The van der Waals surface area contributed by atoms with Crippen molar-refractivity contribution in [1.82, 2.24) is 0 Å². The zero-order valence-corrected chi connectivity index (χ0v) is 14.9. The lowest BCUT2D eigenvalue weighted by Gasteiger charge is -2.05. The van der Waals surface area contributed by atoms with Gasteiger partial charge in [0.2, 0.25) is 0 Å². The average molecular weight is 351 g/mol. The number of rotatable bonds is 10. The van der Waals surface area contributed by atoms with Crippen molar-refractivity contribution >= 4 is 35.1 Å². The molecular formula is C16H24Cl2O4. The fraction of sp³-hybridized carbons (Fsp3) is 0.625. The van der Waals surface area contributed by atoms with Crippen LogP contribution < -0.4 is 0 Å². The third-order valence-corrected chi connectivity index (χ3v) is 2.92. The molecule has 0 aromatic rings. The molecule has 126 valence electrons. The van der Waals surface area contributed by atoms with E-state index in [0.717, 1.165) is 12.8 Å². The van der Waals surface area contributed by atoms with Gasteiger partial charge in [0.05, 0.1) is 12.8 Å². The van der Waals surface area contributed by atoms with Gasteiger partial charge >= 0.3 is 11.9 Å². The van der Waals surface area contributed by atoms with Gasteiger partial charge in [-0.1, -0.05) is 17.2 Å². The molecule has 4 nitrogen and oxygen atoms in total. The molecule has 0 amide bonds. The van der Waals surface area contributed by atoms with Crippen molar-refractivity contribution < 1.29 is 19.1 Å². The van der Waals surface area contributed by atoms with Crippen LogP contribution in [0.15, 0.2) is 23.3 Å². The van der Waals surface area contributed by atoms with Crippen LogP contribution in [0, 0.1) is 0 Å². The summed E-state index contributed by atoms with van der Waals surface area (Å²) in [6.07, 6.45) is 5.91. The fourth-order valence-electron chi connectivity index (χ4n) is 1.47. The molecule has 0 radical (unpaired) electrons. The van der Waals surface area contributed by atoms with Gasteiger partial charge in [0.25, 0.3) is 0 Å². The maximum Gasteiger partial charge on any atom is 0.306 e. The van der Waals surface area contributed by atoms with Crippen molar-refractivity contribution in [2.45, 2.75) is 51.3 Å². The Morgan fingerprint density at radius 2 is 1.55 bits per heavy atom. The Bertz CT molecular complexity index is 410. The van der Waals surface area contributed by atoms with E-state index in [9.17, 15) is 9.59 Å². The number of ether oxygens (including phenoxy) is 2. The van der Waals surface area contributed by atoms with E-state index >= 15 is 0 Å². The summed E-state index contributed by atoms with van der Waals surface area (Å²) in [7, 11) is 0. The SMILES string of the molecule is CC(C)=CCC/C(C)=C/COC(=O)CCC(=O)OCC(Cl)Cl. The number of allylic oxidation sites excluding steroid dienone is 3. The van der Waals surface area contributed by atoms with Crippen molar-refractivity contribution in [3.05, 3.63) is 23.3 Å². The predicted octanol–water partition coefficient (Wildman–Crippen LogP) is 4.35. The fourth-order valence-corrected chi connectivity index (χ4v) is 1.60. The molecule has 0 atom stereocenters. The molecule has 0 unspecified atom stereocenters. The van der Waals surface area contributed by atoms with Gasteiger partial charge in [0, 0.05) is 0 Å². The summed E-state index contributed by atoms with van der Waals surface area (Å²) in [5.74, 6) is -0.949. The number of carbonyl (C=O) groups excluding carboxylic acids is 2. The minimum absolute atomic E-state index is 0.0152. The van der Waals surface area contributed by atoms with Gasteiger partial charge in [-0.05, 0) is 39.7 Å². The van der Waals surface area contributed by atoms with Crippen LogP contribution in [-0.2, 0) is 19.1 Å². The Labute approximate surface area is 142 Å². The number of alkyl halides is 2. The normalized spacial score (nSPS) is 11.3. The van der Waals surface area contributed by atoms with Gasteiger partial charge in [-0.25, -0.2) is 0 Å². The zero-order chi connectivity index (χ0) is 17.0. The molecule has 0 N–H and O–H groups in total. The Hall–Kier alpha value is -1.00. The van der Waals surface area contributed by atoms with Crippen LogP contribution in [0.1, 0.15) is 46.5 Å². The topological polar surface area (TPSA) is 52.6 Å². The molecule has 0 bridgehead atoms. The summed E-state index contributed by atoms with van der Waals surface area (Å²) >= 11 is 10.8. The molecule has 0 aromatic heterocycles. The Kier molecular flexibility index (Phi) is 12.0. The zero-order valence-electron chi connectivity index (χ0n) is 13.4. The summed E-state index contributed by atoms with van der Waals surface area (Å²) in [5, 5.41) is 0. The molecule has 0 saturated carbocycles. The van der Waals surface area contributed by atoms with E-state index in [1.54, 1.807) is 0 Å². The first-order valence-corrected chi connectivity index (χ1v) is 8.07. The molecule has 0 aliphatic heterocycles. The van der Waals surface area contributed by atoms with Crippen LogP contribution in [0.2, 0.25) is 0 Å². The van der Waals surface area contributed by atoms with E-state index in [1.165, 1.54) is 11.1 Å². The van der Waals surface area contributed by atoms with Crippen LogP contribution in [0.25, 0.3) is 0 Å². The van der Waals surface area contributed by atoms with Gasteiger partial charge in [-0.2, -0.15) is 0 Å². The minimum atomic E-state index is -0.754. The van der Waals surface area contributed by atoms with Gasteiger partial charge in [-0.15, -0.1) is 23.2 Å². The Morgan fingerprint density at radius 1 is 0.955 bits per heavy atom. The Morgan fingerprint density at radius 3 is 2.09 bits per heavy atom. The number of esters is 2. The monoisotopic (exact) mass is 350 g/mol. The van der Waals surface area contributed by atoms with Gasteiger partial charge in [0.1, 0.15) is 18.1 Å². The highest BCUT2D eigenvalue weighted by Crippen LogP contribution is 2.07. The summed E-state index contributed by atoms with van der Waals surface area (Å²) < 4.78 is 9.76. The summed E-state index contributed by atoms with van der Waals surface area (Å²) in [6, 6.07) is 0. The molecule has 0 heterocycles. The molecule has 6 heteroatoms. The lowest BCUT2D eigenvalue weighted by Crippen LogP contribution is -2.13. The molecule has 0 saturated heterocycles. The molecule has 0 rings (SSSR count). The van der Waals surface area contributed by atoms with E-state index in [1.807, 2.05) is 13.0 Å². The number of hydrogen-bond acceptors (Lipinski definition) is 4. The second-order valence-electron chi connectivity index (χ2n) is 5.13. The van der Waals surface area contributed by atoms with Crippen molar-refractivity contribution in [2.75, 3.05) is 13.2 Å². The molecule has 0 aliphatic carbocycles. The van der Waals surface area contributed by atoms with Gasteiger partial charge in [0.15, 0.2) is 0 Å². The van der Waals surface area contributed by atoms with E-state index < -0.39 is 16.8 Å². The predicted molar refractivity (Wildman–Crippen MR) is 89.1 cm³/mol. The van der Waals surface area contributed by atoms with Crippen LogP contribution in [-0.4, -0.2) is 30.0 Å². The van der Waals surface area contributed by atoms with E-state index in [-0.39, 0.29) is 26.1 Å². The smallest absolute Gasteiger partial charge is 0.306 e.